The molecule has 1 heterocycles. The van der Waals surface area contributed by atoms with E-state index in [1.807, 2.05) is 24.9 Å². The van der Waals surface area contributed by atoms with Crippen LogP contribution in [0.1, 0.15) is 38.7 Å². The van der Waals surface area contributed by atoms with E-state index in [0.717, 1.165) is 29.5 Å². The molecule has 1 aromatic rings. The van der Waals surface area contributed by atoms with Crippen LogP contribution in [0.15, 0.2) is 6.07 Å². The fourth-order valence-corrected chi connectivity index (χ4v) is 2.32. The molecular weight excluding hydrogens is 230 g/mol. The Bertz CT molecular complexity index is 339. The van der Waals surface area contributed by atoms with Crippen LogP contribution in [0.3, 0.4) is 0 Å². The van der Waals surface area contributed by atoms with Gasteiger partial charge in [-0.1, -0.05) is 20.8 Å². The Hall–Kier alpha value is -0.770. The first-order valence-corrected chi connectivity index (χ1v) is 7.43. The zero-order valence-electron chi connectivity index (χ0n) is 11.3. The van der Waals surface area contributed by atoms with Crippen LogP contribution in [0, 0.1) is 5.92 Å². The van der Waals surface area contributed by atoms with Gasteiger partial charge in [-0.2, -0.15) is 11.8 Å². The Labute approximate surface area is 109 Å². The van der Waals surface area contributed by atoms with Crippen molar-refractivity contribution >= 4 is 17.6 Å². The van der Waals surface area contributed by atoms with E-state index in [1.54, 1.807) is 0 Å². The van der Waals surface area contributed by atoms with E-state index in [2.05, 4.69) is 36.1 Å². The van der Waals surface area contributed by atoms with Crippen molar-refractivity contribution < 1.29 is 0 Å². The molecule has 0 saturated carbocycles. The first-order valence-electron chi connectivity index (χ1n) is 6.28. The Morgan fingerprint density at radius 3 is 2.71 bits per heavy atom. The molecule has 0 aliphatic carbocycles. The highest BCUT2D eigenvalue weighted by molar-refractivity contribution is 7.98. The summed E-state index contributed by atoms with van der Waals surface area (Å²) in [6.07, 6.45) is 2.22. The number of nitrogens with zero attached hydrogens (tertiary/aromatic N) is 2. The number of hydrogen-bond acceptors (Lipinski definition) is 4. The van der Waals surface area contributed by atoms with Crippen LogP contribution < -0.4 is 5.32 Å². The number of thioether (sulfide) groups is 1. The van der Waals surface area contributed by atoms with Gasteiger partial charge in [-0.3, -0.25) is 0 Å². The van der Waals surface area contributed by atoms with Gasteiger partial charge in [-0.25, -0.2) is 9.97 Å². The van der Waals surface area contributed by atoms with E-state index in [9.17, 15) is 0 Å². The van der Waals surface area contributed by atoms with Gasteiger partial charge >= 0.3 is 0 Å². The molecule has 0 unspecified atom stereocenters. The molecule has 0 bridgehead atoms. The molecule has 0 fully saturated rings. The van der Waals surface area contributed by atoms with Crippen molar-refractivity contribution in [2.24, 2.45) is 5.92 Å². The summed E-state index contributed by atoms with van der Waals surface area (Å²) in [6.45, 7) is 6.63. The van der Waals surface area contributed by atoms with Gasteiger partial charge in [0.1, 0.15) is 11.6 Å². The molecule has 4 heteroatoms. The highest BCUT2D eigenvalue weighted by Gasteiger charge is 2.05. The van der Waals surface area contributed by atoms with Crippen LogP contribution in [0.4, 0.5) is 5.82 Å². The third-order valence-electron chi connectivity index (χ3n) is 2.28. The average molecular weight is 253 g/mol. The monoisotopic (exact) mass is 253 g/mol. The van der Waals surface area contributed by atoms with Crippen LogP contribution in [0.5, 0.6) is 0 Å². The predicted molar refractivity (Wildman–Crippen MR) is 76.6 cm³/mol. The van der Waals surface area contributed by atoms with Crippen molar-refractivity contribution in [2.75, 3.05) is 18.1 Å². The van der Waals surface area contributed by atoms with Crippen molar-refractivity contribution in [3.63, 3.8) is 0 Å². The van der Waals surface area contributed by atoms with E-state index >= 15 is 0 Å². The van der Waals surface area contributed by atoms with E-state index in [0.29, 0.717) is 5.92 Å². The molecule has 0 aromatic carbocycles. The Morgan fingerprint density at radius 2 is 2.12 bits per heavy atom. The molecule has 0 saturated heterocycles. The van der Waals surface area contributed by atoms with E-state index in [4.69, 9.17) is 0 Å². The highest BCUT2D eigenvalue weighted by Crippen LogP contribution is 2.15. The van der Waals surface area contributed by atoms with Gasteiger partial charge in [0.25, 0.3) is 0 Å². The minimum atomic E-state index is 0.630. The second-order valence-electron chi connectivity index (χ2n) is 4.56. The lowest BCUT2D eigenvalue weighted by Crippen LogP contribution is -2.05. The average Bonchev–Trinajstić information content (AvgIpc) is 2.28. The summed E-state index contributed by atoms with van der Waals surface area (Å²) in [4.78, 5) is 9.11. The van der Waals surface area contributed by atoms with Gasteiger partial charge in [0, 0.05) is 18.8 Å². The summed E-state index contributed by atoms with van der Waals surface area (Å²) in [6, 6.07) is 2.05. The second-order valence-corrected chi connectivity index (χ2v) is 5.67. The zero-order chi connectivity index (χ0) is 12.7. The van der Waals surface area contributed by atoms with Gasteiger partial charge in [-0.15, -0.1) is 0 Å². The third kappa shape index (κ3) is 5.39. The number of nitrogens with one attached hydrogen (secondary N) is 1. The van der Waals surface area contributed by atoms with Crippen molar-refractivity contribution in [2.45, 2.75) is 39.4 Å². The fraction of sp³-hybridized carbons (Fsp3) is 0.692. The maximum absolute atomic E-state index is 4.62. The SMILES string of the molecule is CCCSCc1nc(CC(C)C)cc(NC)n1. The molecule has 1 aromatic heterocycles. The van der Waals surface area contributed by atoms with Crippen LogP contribution in [0.25, 0.3) is 0 Å². The maximum atomic E-state index is 4.62. The summed E-state index contributed by atoms with van der Waals surface area (Å²) in [7, 11) is 1.91. The minimum Gasteiger partial charge on any atom is -0.373 e. The summed E-state index contributed by atoms with van der Waals surface area (Å²) in [5.74, 6) is 4.60. The Kier molecular flexibility index (Phi) is 6.34. The largest absolute Gasteiger partial charge is 0.373 e. The lowest BCUT2D eigenvalue weighted by molar-refractivity contribution is 0.632. The molecular formula is C13H23N3S. The lowest BCUT2D eigenvalue weighted by Gasteiger charge is -2.09. The quantitative estimate of drug-likeness (QED) is 0.756. The van der Waals surface area contributed by atoms with Crippen LogP contribution in [0.2, 0.25) is 0 Å². The molecule has 1 rings (SSSR count). The number of anilines is 1. The summed E-state index contributed by atoms with van der Waals surface area (Å²) in [5.41, 5.74) is 1.14. The summed E-state index contributed by atoms with van der Waals surface area (Å²) < 4.78 is 0. The van der Waals surface area contributed by atoms with Crippen LogP contribution >= 0.6 is 11.8 Å². The van der Waals surface area contributed by atoms with Crippen molar-refractivity contribution in [1.29, 1.82) is 0 Å². The molecule has 0 spiro atoms. The Balaban J connectivity index is 2.74. The smallest absolute Gasteiger partial charge is 0.140 e. The second kappa shape index (κ2) is 7.54. The van der Waals surface area contributed by atoms with Crippen molar-refractivity contribution in [1.82, 2.24) is 9.97 Å². The number of rotatable bonds is 7. The molecule has 0 atom stereocenters. The van der Waals surface area contributed by atoms with Crippen LogP contribution in [-0.2, 0) is 12.2 Å². The molecule has 96 valence electrons. The number of hydrogen-bond donors (Lipinski definition) is 1. The van der Waals surface area contributed by atoms with Gasteiger partial charge in [0.2, 0.25) is 0 Å². The Morgan fingerprint density at radius 1 is 1.35 bits per heavy atom. The first-order chi connectivity index (χ1) is 8.15. The van der Waals surface area contributed by atoms with Gasteiger partial charge in [-0.05, 0) is 24.5 Å². The van der Waals surface area contributed by atoms with Crippen molar-refractivity contribution in [3.05, 3.63) is 17.6 Å². The normalized spacial score (nSPS) is 10.9. The van der Waals surface area contributed by atoms with Gasteiger partial charge < -0.3 is 5.32 Å². The van der Waals surface area contributed by atoms with Crippen molar-refractivity contribution in [3.8, 4) is 0 Å². The summed E-state index contributed by atoms with van der Waals surface area (Å²) >= 11 is 1.90. The standard InChI is InChI=1S/C13H23N3S/c1-5-6-17-9-13-15-11(7-10(2)3)8-12(14-4)16-13/h8,10H,5-7,9H2,1-4H3,(H,14,15,16). The maximum Gasteiger partial charge on any atom is 0.140 e. The number of aromatic nitrogens is 2. The highest BCUT2D eigenvalue weighted by atomic mass is 32.2. The molecule has 3 nitrogen and oxygen atoms in total. The fourth-order valence-electron chi connectivity index (χ4n) is 1.58. The van der Waals surface area contributed by atoms with E-state index < -0.39 is 0 Å². The predicted octanol–water partition coefficient (Wildman–Crippen LogP) is 3.36. The molecule has 0 radical (unpaired) electrons. The molecule has 17 heavy (non-hydrogen) atoms. The lowest BCUT2D eigenvalue weighted by atomic mass is 10.1. The molecule has 0 amide bonds. The third-order valence-corrected chi connectivity index (χ3v) is 3.44. The topological polar surface area (TPSA) is 37.8 Å². The molecule has 0 aliphatic heterocycles. The van der Waals surface area contributed by atoms with E-state index in [-0.39, 0.29) is 0 Å². The minimum absolute atomic E-state index is 0.630. The van der Waals surface area contributed by atoms with E-state index in [1.165, 1.54) is 12.2 Å². The molecule has 0 aliphatic rings. The van der Waals surface area contributed by atoms with Gasteiger partial charge in [0.05, 0.1) is 5.75 Å². The summed E-state index contributed by atoms with van der Waals surface area (Å²) in [5, 5.41) is 3.11. The molecule has 1 N–H and O–H groups in total. The van der Waals surface area contributed by atoms with Crippen LogP contribution in [-0.4, -0.2) is 22.8 Å². The first kappa shape index (κ1) is 14.3. The zero-order valence-corrected chi connectivity index (χ0v) is 12.1. The van der Waals surface area contributed by atoms with Gasteiger partial charge in [0.15, 0.2) is 0 Å².